The van der Waals surface area contributed by atoms with Gasteiger partial charge in [-0.05, 0) is 75.1 Å². The minimum Gasteiger partial charge on any atom is -0.493 e. The number of amides is 3. The molecule has 2 aliphatic carbocycles. The summed E-state index contributed by atoms with van der Waals surface area (Å²) in [6, 6.07) is 16.6. The summed E-state index contributed by atoms with van der Waals surface area (Å²) in [4.78, 5) is 34.2. The number of methoxy groups -OCH3 is 2. The van der Waals surface area contributed by atoms with Gasteiger partial charge in [0.15, 0.2) is 11.5 Å². The minimum atomic E-state index is -0.0204. The van der Waals surface area contributed by atoms with Gasteiger partial charge in [0.1, 0.15) is 0 Å². The number of ether oxygens (including phenoxy) is 3. The summed E-state index contributed by atoms with van der Waals surface area (Å²) in [5, 5.41) is 3.57. The molecule has 2 saturated carbocycles. The van der Waals surface area contributed by atoms with Gasteiger partial charge in [-0.2, -0.15) is 0 Å². The van der Waals surface area contributed by atoms with Crippen molar-refractivity contribution >= 4 is 11.9 Å². The van der Waals surface area contributed by atoms with Crippen LogP contribution in [0.2, 0.25) is 0 Å². The Bertz CT molecular complexity index is 1230. The van der Waals surface area contributed by atoms with Crippen LogP contribution in [-0.2, 0) is 11.3 Å². The molecule has 3 fully saturated rings. The number of carbonyl (C=O) groups excluding carboxylic acids is 2. The van der Waals surface area contributed by atoms with Crippen molar-refractivity contribution < 1.29 is 23.8 Å². The van der Waals surface area contributed by atoms with Crippen LogP contribution in [0, 0.1) is 11.8 Å². The molecule has 2 atom stereocenters. The van der Waals surface area contributed by atoms with Gasteiger partial charge in [0.05, 0.1) is 13.7 Å². The highest BCUT2D eigenvalue weighted by molar-refractivity contribution is 5.95. The van der Waals surface area contributed by atoms with Gasteiger partial charge in [-0.3, -0.25) is 4.79 Å². The summed E-state index contributed by atoms with van der Waals surface area (Å²) in [5.41, 5.74) is 1.76. The number of nitrogens with zero attached hydrogens (tertiary/aromatic N) is 3. The molecule has 2 aromatic carbocycles. The second kappa shape index (κ2) is 15.1. The highest BCUT2D eigenvalue weighted by Gasteiger charge is 2.42. The molecule has 44 heavy (non-hydrogen) atoms. The molecular formula is C35H50N4O5. The fraction of sp³-hybridized carbons (Fsp3) is 0.600. The fourth-order valence-corrected chi connectivity index (χ4v) is 6.18. The molecule has 9 heteroatoms. The van der Waals surface area contributed by atoms with E-state index in [1.54, 1.807) is 26.4 Å². The lowest BCUT2D eigenvalue weighted by molar-refractivity contribution is 0.0648. The minimum absolute atomic E-state index is 0.0204. The molecule has 240 valence electrons. The second-order valence-corrected chi connectivity index (χ2v) is 12.8. The van der Waals surface area contributed by atoms with E-state index in [0.29, 0.717) is 55.4 Å². The zero-order chi connectivity index (χ0) is 31.1. The Labute approximate surface area is 262 Å². The number of benzene rings is 2. The van der Waals surface area contributed by atoms with Gasteiger partial charge >= 0.3 is 6.03 Å². The Morgan fingerprint density at radius 2 is 1.55 bits per heavy atom. The Kier molecular flexibility index (Phi) is 11.0. The third kappa shape index (κ3) is 8.24. The van der Waals surface area contributed by atoms with Crippen molar-refractivity contribution in [3.63, 3.8) is 0 Å². The molecule has 0 radical (unpaired) electrons. The van der Waals surface area contributed by atoms with Crippen LogP contribution in [0.25, 0.3) is 0 Å². The summed E-state index contributed by atoms with van der Waals surface area (Å²) >= 11 is 0. The van der Waals surface area contributed by atoms with Crippen molar-refractivity contribution in [2.24, 2.45) is 11.8 Å². The predicted molar refractivity (Wildman–Crippen MR) is 171 cm³/mol. The molecule has 5 rings (SSSR count). The van der Waals surface area contributed by atoms with Crippen LogP contribution in [0.1, 0.15) is 61.9 Å². The van der Waals surface area contributed by atoms with Gasteiger partial charge in [-0.1, -0.05) is 30.3 Å². The van der Waals surface area contributed by atoms with Crippen molar-refractivity contribution in [2.45, 2.75) is 70.6 Å². The van der Waals surface area contributed by atoms with Gasteiger partial charge in [-0.15, -0.1) is 0 Å². The lowest BCUT2D eigenvalue weighted by atomic mass is 9.94. The average Bonchev–Trinajstić information content (AvgIpc) is 3.98. The van der Waals surface area contributed by atoms with Crippen LogP contribution in [0.5, 0.6) is 11.5 Å². The van der Waals surface area contributed by atoms with Gasteiger partial charge in [0.25, 0.3) is 5.91 Å². The summed E-state index contributed by atoms with van der Waals surface area (Å²) in [7, 11) is 3.27. The summed E-state index contributed by atoms with van der Waals surface area (Å²) in [6.45, 7) is 8.92. The van der Waals surface area contributed by atoms with E-state index in [9.17, 15) is 9.59 Å². The normalized spacial score (nSPS) is 19.6. The van der Waals surface area contributed by atoms with Gasteiger partial charge < -0.3 is 34.2 Å². The maximum absolute atomic E-state index is 14.1. The molecule has 0 bridgehead atoms. The van der Waals surface area contributed by atoms with Crippen LogP contribution >= 0.6 is 0 Å². The molecule has 3 aliphatic rings. The molecule has 1 aliphatic heterocycles. The molecule has 3 amide bonds. The van der Waals surface area contributed by atoms with E-state index in [-0.39, 0.29) is 29.8 Å². The third-order valence-electron chi connectivity index (χ3n) is 9.05. The van der Waals surface area contributed by atoms with Crippen molar-refractivity contribution in [3.8, 4) is 11.5 Å². The summed E-state index contributed by atoms with van der Waals surface area (Å²) in [6.07, 6.45) is 5.06. The van der Waals surface area contributed by atoms with E-state index in [1.165, 1.54) is 5.56 Å². The average molecular weight is 607 g/mol. The molecule has 2 aromatic rings. The van der Waals surface area contributed by atoms with Crippen molar-refractivity contribution in [3.05, 3.63) is 59.7 Å². The predicted octanol–water partition coefficient (Wildman–Crippen LogP) is 5.05. The van der Waals surface area contributed by atoms with Crippen LogP contribution in [0.4, 0.5) is 4.79 Å². The highest BCUT2D eigenvalue weighted by Crippen LogP contribution is 2.35. The zero-order valence-electron chi connectivity index (χ0n) is 26.9. The van der Waals surface area contributed by atoms with Gasteiger partial charge in [-0.25, -0.2) is 4.79 Å². The summed E-state index contributed by atoms with van der Waals surface area (Å²) < 4.78 is 16.6. The monoisotopic (exact) mass is 606 g/mol. The molecule has 1 heterocycles. The third-order valence-corrected chi connectivity index (χ3v) is 9.05. The lowest BCUT2D eigenvalue weighted by Crippen LogP contribution is -2.49. The zero-order valence-corrected chi connectivity index (χ0v) is 26.9. The van der Waals surface area contributed by atoms with Gasteiger partial charge in [0.2, 0.25) is 0 Å². The quantitative estimate of drug-likeness (QED) is 0.270. The number of hydrogen-bond donors (Lipinski definition) is 1. The Morgan fingerprint density at radius 1 is 0.864 bits per heavy atom. The first kappa shape index (κ1) is 32.1. The van der Waals surface area contributed by atoms with E-state index in [0.717, 1.165) is 51.7 Å². The molecule has 0 unspecified atom stereocenters. The number of urea groups is 1. The number of hydrogen-bond acceptors (Lipinski definition) is 6. The molecular weight excluding hydrogens is 556 g/mol. The van der Waals surface area contributed by atoms with Crippen LogP contribution in [0.15, 0.2) is 48.5 Å². The van der Waals surface area contributed by atoms with Crippen molar-refractivity contribution in [1.82, 2.24) is 20.0 Å². The van der Waals surface area contributed by atoms with E-state index in [2.05, 4.69) is 41.1 Å². The largest absolute Gasteiger partial charge is 0.493 e. The van der Waals surface area contributed by atoms with E-state index < -0.39 is 0 Å². The van der Waals surface area contributed by atoms with Crippen molar-refractivity contribution in [1.29, 1.82) is 0 Å². The fourth-order valence-electron chi connectivity index (χ4n) is 6.18. The lowest BCUT2D eigenvalue weighted by Gasteiger charge is -2.36. The number of rotatable bonds is 16. The molecule has 0 aromatic heterocycles. The number of carbonyl (C=O) groups is 2. The van der Waals surface area contributed by atoms with Crippen LogP contribution in [-0.4, -0.2) is 98.4 Å². The Balaban J connectivity index is 1.26. The van der Waals surface area contributed by atoms with E-state index in [1.807, 2.05) is 29.2 Å². The van der Waals surface area contributed by atoms with Crippen LogP contribution < -0.4 is 14.8 Å². The maximum Gasteiger partial charge on any atom is 0.320 e. The smallest absolute Gasteiger partial charge is 0.320 e. The molecule has 0 spiro atoms. The first-order valence-electron chi connectivity index (χ1n) is 16.3. The molecule has 9 nitrogen and oxygen atoms in total. The van der Waals surface area contributed by atoms with E-state index in [4.69, 9.17) is 14.2 Å². The SMILES string of the molecule is COCCCOc1cc(C(=O)N(C[C@@H]2CNC[C@@H]2CN(C(=O)N(Cc2ccccc2)C2CC2)C2CC2)C(C)C)ccc1OC. The van der Waals surface area contributed by atoms with Crippen LogP contribution in [0.3, 0.4) is 0 Å². The van der Waals surface area contributed by atoms with Gasteiger partial charge in [0, 0.05) is 76.6 Å². The molecule has 1 saturated heterocycles. The van der Waals surface area contributed by atoms with E-state index >= 15 is 0 Å². The maximum atomic E-state index is 14.1. The molecule has 1 N–H and O–H groups in total. The summed E-state index contributed by atoms with van der Waals surface area (Å²) in [5.74, 6) is 1.68. The highest BCUT2D eigenvalue weighted by atomic mass is 16.5. The Morgan fingerprint density at radius 3 is 2.18 bits per heavy atom. The standard InChI is InChI=1S/C35H50N4O5/c1-25(2)37(34(40)27-11-16-32(43-4)33(19-27)44-18-8-17-42-3)23-28-20-36-21-29(28)24-39(31-14-15-31)35(41)38(30-12-13-30)22-26-9-6-5-7-10-26/h5-7,9-11,16,19,25,28-31,36H,8,12-15,17-18,20-24H2,1-4H3/t28-,29+/m0/s1. The topological polar surface area (TPSA) is 83.6 Å². The van der Waals surface area contributed by atoms with Crippen molar-refractivity contribution in [2.75, 3.05) is 53.6 Å². The first-order chi connectivity index (χ1) is 21.4. The Hall–Kier alpha value is -3.30. The first-order valence-corrected chi connectivity index (χ1v) is 16.3. The second-order valence-electron chi connectivity index (χ2n) is 12.8. The number of nitrogens with one attached hydrogen (secondary N) is 1.